The lowest BCUT2D eigenvalue weighted by Gasteiger charge is -2.12. The molecule has 0 radical (unpaired) electrons. The fourth-order valence-corrected chi connectivity index (χ4v) is 3.06. The van der Waals surface area contributed by atoms with Crippen molar-refractivity contribution in [1.29, 1.82) is 0 Å². The summed E-state index contributed by atoms with van der Waals surface area (Å²) < 4.78 is 10.9. The van der Waals surface area contributed by atoms with Crippen molar-refractivity contribution in [2.24, 2.45) is 5.10 Å². The van der Waals surface area contributed by atoms with Crippen molar-refractivity contribution in [3.63, 3.8) is 0 Å². The van der Waals surface area contributed by atoms with Gasteiger partial charge in [-0.1, -0.05) is 23.2 Å². The molecule has 10 heteroatoms. The van der Waals surface area contributed by atoms with E-state index in [2.05, 4.69) is 26.5 Å². The molecule has 0 saturated carbocycles. The largest absolute Gasteiger partial charge is 0.493 e. The van der Waals surface area contributed by atoms with Crippen LogP contribution in [-0.2, 0) is 4.79 Å². The number of benzene rings is 2. The molecule has 0 aliphatic rings. The summed E-state index contributed by atoms with van der Waals surface area (Å²) in [6, 6.07) is 7.70. The number of hydrogen-bond donors (Lipinski definition) is 2. The van der Waals surface area contributed by atoms with Crippen LogP contribution < -0.4 is 14.9 Å². The minimum absolute atomic E-state index is 0.208. The van der Waals surface area contributed by atoms with Gasteiger partial charge in [0, 0.05) is 5.02 Å². The molecule has 7 nitrogen and oxygen atoms in total. The van der Waals surface area contributed by atoms with Gasteiger partial charge in [0.15, 0.2) is 18.1 Å². The number of methoxy groups -OCH3 is 1. The van der Waals surface area contributed by atoms with Crippen LogP contribution in [-0.4, -0.2) is 36.9 Å². The maximum absolute atomic E-state index is 12.1. The topological polar surface area (TPSA) is 97.2 Å². The minimum atomic E-state index is -1.11. The lowest BCUT2D eigenvalue weighted by molar-refractivity contribution is -0.139. The molecule has 2 rings (SSSR count). The predicted octanol–water partition coefficient (Wildman–Crippen LogP) is 3.99. The van der Waals surface area contributed by atoms with E-state index >= 15 is 0 Å². The molecule has 0 heterocycles. The van der Waals surface area contributed by atoms with E-state index in [0.29, 0.717) is 20.8 Å². The van der Waals surface area contributed by atoms with Crippen LogP contribution in [0.3, 0.4) is 0 Å². The molecule has 0 aromatic heterocycles. The van der Waals surface area contributed by atoms with Crippen LogP contribution in [0.15, 0.2) is 39.9 Å². The number of aliphatic carboxylic acids is 1. The number of hydrogen-bond acceptors (Lipinski definition) is 5. The number of nitrogens with zero attached hydrogens (tertiary/aromatic N) is 1. The van der Waals surface area contributed by atoms with E-state index in [1.54, 1.807) is 18.2 Å². The summed E-state index contributed by atoms with van der Waals surface area (Å²) in [6.07, 6.45) is 1.38. The number of halogens is 3. The molecular weight excluding hydrogens is 463 g/mol. The summed E-state index contributed by atoms with van der Waals surface area (Å²) >= 11 is 15.1. The minimum Gasteiger partial charge on any atom is -0.493 e. The van der Waals surface area contributed by atoms with Crippen molar-refractivity contribution in [3.8, 4) is 11.5 Å². The summed E-state index contributed by atoms with van der Waals surface area (Å²) in [5, 5.41) is 13.2. The zero-order valence-electron chi connectivity index (χ0n) is 13.8. The second-order valence-electron chi connectivity index (χ2n) is 5.04. The Morgan fingerprint density at radius 3 is 2.67 bits per heavy atom. The number of carbonyl (C=O) groups is 2. The van der Waals surface area contributed by atoms with Crippen LogP contribution in [0, 0.1) is 0 Å². The Balaban J connectivity index is 2.13. The van der Waals surface area contributed by atoms with Gasteiger partial charge in [-0.05, 0) is 51.8 Å². The summed E-state index contributed by atoms with van der Waals surface area (Å²) in [6.45, 7) is -0.514. The fraction of sp³-hybridized carbons (Fsp3) is 0.118. The van der Waals surface area contributed by atoms with Crippen molar-refractivity contribution in [2.45, 2.75) is 0 Å². The van der Waals surface area contributed by atoms with Gasteiger partial charge in [0.2, 0.25) is 0 Å². The molecule has 2 aromatic carbocycles. The first-order chi connectivity index (χ1) is 12.8. The lowest BCUT2D eigenvalue weighted by atomic mass is 10.2. The van der Waals surface area contributed by atoms with Crippen molar-refractivity contribution in [2.75, 3.05) is 13.7 Å². The molecule has 0 saturated heterocycles. The van der Waals surface area contributed by atoms with Gasteiger partial charge in [0.05, 0.1) is 28.4 Å². The maximum atomic E-state index is 12.1. The number of carboxylic acid groups (broad SMARTS) is 1. The third-order valence-corrected chi connectivity index (χ3v) is 4.28. The summed E-state index contributed by atoms with van der Waals surface area (Å²) in [4.78, 5) is 22.8. The first-order valence-electron chi connectivity index (χ1n) is 7.32. The smallest absolute Gasteiger partial charge is 0.341 e. The SMILES string of the molecule is COc1cc(/C=N/NC(=O)c2ccc(Cl)cc2Cl)cc(Br)c1OCC(=O)O. The second kappa shape index (κ2) is 9.59. The zero-order chi connectivity index (χ0) is 20.0. The molecule has 0 spiro atoms. The molecule has 0 fully saturated rings. The molecule has 2 N–H and O–H groups in total. The van der Waals surface area contributed by atoms with Crippen LogP contribution in [0.1, 0.15) is 15.9 Å². The Morgan fingerprint density at radius 2 is 2.04 bits per heavy atom. The van der Waals surface area contributed by atoms with Crippen LogP contribution in [0.25, 0.3) is 0 Å². The van der Waals surface area contributed by atoms with Gasteiger partial charge in [-0.15, -0.1) is 0 Å². The predicted molar refractivity (Wildman–Crippen MR) is 105 cm³/mol. The molecule has 0 unspecified atom stereocenters. The van der Waals surface area contributed by atoms with Gasteiger partial charge in [-0.3, -0.25) is 4.79 Å². The number of carbonyl (C=O) groups excluding carboxylic acids is 1. The van der Waals surface area contributed by atoms with Gasteiger partial charge >= 0.3 is 5.97 Å². The molecule has 27 heavy (non-hydrogen) atoms. The molecular formula is C17H13BrCl2N2O5. The van der Waals surface area contributed by atoms with Gasteiger partial charge in [0.25, 0.3) is 5.91 Å². The highest BCUT2D eigenvalue weighted by Crippen LogP contribution is 2.36. The number of nitrogens with one attached hydrogen (secondary N) is 1. The summed E-state index contributed by atoms with van der Waals surface area (Å²) in [7, 11) is 1.42. The average molecular weight is 476 g/mol. The Labute approximate surface area is 173 Å². The summed E-state index contributed by atoms with van der Waals surface area (Å²) in [5.74, 6) is -1.06. The molecule has 0 atom stereocenters. The van der Waals surface area contributed by atoms with Crippen LogP contribution in [0.4, 0.5) is 0 Å². The van der Waals surface area contributed by atoms with Gasteiger partial charge in [-0.2, -0.15) is 5.10 Å². The van der Waals surface area contributed by atoms with E-state index in [0.717, 1.165) is 0 Å². The highest BCUT2D eigenvalue weighted by atomic mass is 79.9. The van der Waals surface area contributed by atoms with E-state index in [1.807, 2.05) is 0 Å². The van der Waals surface area contributed by atoms with Gasteiger partial charge in [0.1, 0.15) is 0 Å². The molecule has 1 amide bonds. The van der Waals surface area contributed by atoms with Crippen molar-refractivity contribution < 1.29 is 24.2 Å². The van der Waals surface area contributed by atoms with E-state index in [-0.39, 0.29) is 16.3 Å². The number of rotatable bonds is 7. The monoisotopic (exact) mass is 474 g/mol. The number of ether oxygens (including phenoxy) is 2. The number of hydrazone groups is 1. The standard InChI is InChI=1S/C17H13BrCl2N2O5/c1-26-14-5-9(4-12(18)16(14)27-8-15(23)24)7-21-22-17(25)11-3-2-10(19)6-13(11)20/h2-7H,8H2,1H3,(H,22,25)(H,23,24)/b21-7+. The van der Waals surface area contributed by atoms with E-state index < -0.39 is 18.5 Å². The van der Waals surface area contributed by atoms with Crippen molar-refractivity contribution >= 4 is 57.2 Å². The van der Waals surface area contributed by atoms with E-state index in [1.165, 1.54) is 25.5 Å². The third kappa shape index (κ3) is 5.85. The molecule has 2 aromatic rings. The normalized spacial score (nSPS) is 10.7. The van der Waals surface area contributed by atoms with E-state index in [4.69, 9.17) is 37.8 Å². The van der Waals surface area contributed by atoms with Gasteiger partial charge in [-0.25, -0.2) is 10.2 Å². The first-order valence-corrected chi connectivity index (χ1v) is 8.87. The Kier molecular flexibility index (Phi) is 7.46. The van der Waals surface area contributed by atoms with Crippen molar-refractivity contribution in [1.82, 2.24) is 5.43 Å². The number of amides is 1. The summed E-state index contributed by atoms with van der Waals surface area (Å²) in [5.41, 5.74) is 3.16. The maximum Gasteiger partial charge on any atom is 0.341 e. The Bertz CT molecular complexity index is 905. The Hall–Kier alpha value is -2.29. The lowest BCUT2D eigenvalue weighted by Crippen LogP contribution is -2.18. The highest BCUT2D eigenvalue weighted by Gasteiger charge is 2.13. The molecule has 0 bridgehead atoms. The molecule has 142 valence electrons. The van der Waals surface area contributed by atoms with Crippen LogP contribution in [0.5, 0.6) is 11.5 Å². The zero-order valence-corrected chi connectivity index (χ0v) is 16.9. The Morgan fingerprint density at radius 1 is 1.30 bits per heavy atom. The number of carboxylic acids is 1. The third-order valence-electron chi connectivity index (χ3n) is 3.15. The fourth-order valence-electron chi connectivity index (χ4n) is 1.99. The van der Waals surface area contributed by atoms with Gasteiger partial charge < -0.3 is 14.6 Å². The second-order valence-corrected chi connectivity index (χ2v) is 6.74. The molecule has 0 aliphatic carbocycles. The highest BCUT2D eigenvalue weighted by molar-refractivity contribution is 9.10. The molecule has 0 aliphatic heterocycles. The first kappa shape index (κ1) is 21.0. The quantitative estimate of drug-likeness (QED) is 0.466. The van der Waals surface area contributed by atoms with Crippen LogP contribution >= 0.6 is 39.1 Å². The van der Waals surface area contributed by atoms with E-state index in [9.17, 15) is 9.59 Å². The van der Waals surface area contributed by atoms with Crippen molar-refractivity contribution in [3.05, 3.63) is 56.0 Å². The van der Waals surface area contributed by atoms with Crippen LogP contribution in [0.2, 0.25) is 10.0 Å². The average Bonchev–Trinajstić information content (AvgIpc) is 2.60.